The van der Waals surface area contributed by atoms with Gasteiger partial charge in [-0.3, -0.25) is 4.79 Å². The number of hydrogen-bond donors (Lipinski definition) is 1. The molecule has 26 heavy (non-hydrogen) atoms. The molecule has 4 rings (SSSR count). The quantitative estimate of drug-likeness (QED) is 0.844. The highest BCUT2D eigenvalue weighted by Crippen LogP contribution is 2.59. The van der Waals surface area contributed by atoms with E-state index in [4.69, 9.17) is 0 Å². The molecule has 1 N–H and O–H groups in total. The molecule has 0 bridgehead atoms. The van der Waals surface area contributed by atoms with E-state index in [-0.39, 0.29) is 29.6 Å². The Kier molecular flexibility index (Phi) is 6.24. The Bertz CT molecular complexity index is 609. The van der Waals surface area contributed by atoms with Crippen LogP contribution in [-0.2, 0) is 11.3 Å². The highest BCUT2D eigenvalue weighted by molar-refractivity contribution is 5.85. The van der Waals surface area contributed by atoms with Gasteiger partial charge in [0.15, 0.2) is 0 Å². The topological polar surface area (TPSA) is 32.3 Å². The standard InChI is InChI=1S/C21H29FN2O.ClH/c22-17-8-6-16(7-9-17)15-24(18-4-2-1-3-5-18)20(25)19-14-21(19)10-12-23-13-11-21;/h6-9,18-19,23H,1-5,10-15H2;1H. The minimum Gasteiger partial charge on any atom is -0.335 e. The molecule has 2 aliphatic carbocycles. The molecule has 0 aromatic heterocycles. The van der Waals surface area contributed by atoms with Crippen LogP contribution in [0.25, 0.3) is 0 Å². The summed E-state index contributed by atoms with van der Waals surface area (Å²) in [7, 11) is 0. The molecular formula is C21H30ClFN2O. The summed E-state index contributed by atoms with van der Waals surface area (Å²) in [6, 6.07) is 7.02. The van der Waals surface area contributed by atoms with Gasteiger partial charge < -0.3 is 10.2 Å². The zero-order chi connectivity index (χ0) is 17.3. The second-order valence-electron chi connectivity index (χ2n) is 8.25. The molecule has 144 valence electrons. The van der Waals surface area contributed by atoms with Gasteiger partial charge in [-0.05, 0) is 68.3 Å². The third-order valence-corrected chi connectivity index (χ3v) is 6.65. The first-order chi connectivity index (χ1) is 12.2. The van der Waals surface area contributed by atoms with E-state index >= 15 is 0 Å². The molecule has 1 atom stereocenters. The highest BCUT2D eigenvalue weighted by atomic mass is 35.5. The molecule has 2 saturated carbocycles. The average Bonchev–Trinajstić information content (AvgIpc) is 3.35. The molecule has 5 heteroatoms. The predicted octanol–water partition coefficient (Wildman–Crippen LogP) is 4.30. The van der Waals surface area contributed by atoms with Gasteiger partial charge in [0.2, 0.25) is 5.91 Å². The van der Waals surface area contributed by atoms with Crippen LogP contribution in [0.1, 0.15) is 56.9 Å². The zero-order valence-electron chi connectivity index (χ0n) is 15.4. The molecule has 1 spiro atoms. The maximum atomic E-state index is 13.4. The molecule has 1 aliphatic heterocycles. The number of carbonyl (C=O) groups is 1. The molecule has 3 fully saturated rings. The first-order valence-electron chi connectivity index (χ1n) is 9.94. The van der Waals surface area contributed by atoms with Crippen LogP contribution in [0.4, 0.5) is 4.39 Å². The summed E-state index contributed by atoms with van der Waals surface area (Å²) in [5.74, 6) is 0.366. The number of nitrogens with zero attached hydrogens (tertiary/aromatic N) is 1. The van der Waals surface area contributed by atoms with Crippen molar-refractivity contribution < 1.29 is 9.18 Å². The van der Waals surface area contributed by atoms with Crippen LogP contribution in [0.3, 0.4) is 0 Å². The number of hydrogen-bond acceptors (Lipinski definition) is 2. The summed E-state index contributed by atoms with van der Waals surface area (Å²) >= 11 is 0. The summed E-state index contributed by atoms with van der Waals surface area (Å²) in [6.45, 7) is 2.73. The summed E-state index contributed by atoms with van der Waals surface area (Å²) in [6.07, 6.45) is 9.31. The Balaban J connectivity index is 0.00000196. The smallest absolute Gasteiger partial charge is 0.226 e. The molecule has 0 radical (unpaired) electrons. The lowest BCUT2D eigenvalue weighted by Gasteiger charge is -2.36. The molecule has 1 aromatic carbocycles. The Labute approximate surface area is 162 Å². The van der Waals surface area contributed by atoms with Crippen LogP contribution in [0.2, 0.25) is 0 Å². The first-order valence-corrected chi connectivity index (χ1v) is 9.94. The number of amides is 1. The number of nitrogens with one attached hydrogen (secondary N) is 1. The van der Waals surface area contributed by atoms with E-state index in [1.54, 1.807) is 0 Å². The van der Waals surface area contributed by atoms with Crippen molar-refractivity contribution in [3.63, 3.8) is 0 Å². The maximum absolute atomic E-state index is 13.4. The molecule has 1 saturated heterocycles. The van der Waals surface area contributed by atoms with Crippen molar-refractivity contribution >= 4 is 18.3 Å². The minimum absolute atomic E-state index is 0. The number of benzene rings is 1. The van der Waals surface area contributed by atoms with E-state index in [2.05, 4.69) is 10.2 Å². The van der Waals surface area contributed by atoms with Crippen LogP contribution < -0.4 is 5.32 Å². The number of carbonyl (C=O) groups excluding carboxylic acids is 1. The SMILES string of the molecule is Cl.O=C(C1CC12CCNCC2)N(Cc1ccc(F)cc1)C1CCCCC1. The largest absolute Gasteiger partial charge is 0.335 e. The maximum Gasteiger partial charge on any atom is 0.226 e. The van der Waals surface area contributed by atoms with Gasteiger partial charge in [-0.1, -0.05) is 31.4 Å². The van der Waals surface area contributed by atoms with Crippen LogP contribution in [0.15, 0.2) is 24.3 Å². The first kappa shape index (κ1) is 19.6. The second kappa shape index (κ2) is 8.26. The van der Waals surface area contributed by atoms with E-state index in [1.807, 2.05) is 12.1 Å². The van der Waals surface area contributed by atoms with Gasteiger partial charge in [0.1, 0.15) is 5.82 Å². The molecule has 1 unspecified atom stereocenters. The molecular weight excluding hydrogens is 351 g/mol. The summed E-state index contributed by atoms with van der Waals surface area (Å²) in [4.78, 5) is 15.5. The Morgan fingerprint density at radius 2 is 1.77 bits per heavy atom. The zero-order valence-corrected chi connectivity index (χ0v) is 16.2. The third-order valence-electron chi connectivity index (χ3n) is 6.65. The van der Waals surface area contributed by atoms with Crippen molar-refractivity contribution in [2.24, 2.45) is 11.3 Å². The lowest BCUT2D eigenvalue weighted by molar-refractivity contribution is -0.137. The summed E-state index contributed by atoms with van der Waals surface area (Å²) in [5.41, 5.74) is 1.32. The van der Waals surface area contributed by atoms with Gasteiger partial charge >= 0.3 is 0 Å². The Morgan fingerprint density at radius 1 is 1.12 bits per heavy atom. The number of piperidine rings is 1. The molecule has 3 nitrogen and oxygen atoms in total. The van der Waals surface area contributed by atoms with E-state index in [1.165, 1.54) is 31.4 Å². The molecule has 1 amide bonds. The molecule has 3 aliphatic rings. The van der Waals surface area contributed by atoms with Crippen LogP contribution in [-0.4, -0.2) is 29.9 Å². The number of halogens is 2. The van der Waals surface area contributed by atoms with Crippen LogP contribution >= 0.6 is 12.4 Å². The van der Waals surface area contributed by atoms with Gasteiger partial charge in [-0.2, -0.15) is 0 Å². The van der Waals surface area contributed by atoms with Crippen molar-refractivity contribution in [2.75, 3.05) is 13.1 Å². The minimum atomic E-state index is -0.213. The van der Waals surface area contributed by atoms with Crippen LogP contribution in [0, 0.1) is 17.2 Å². The van der Waals surface area contributed by atoms with Crippen molar-refractivity contribution in [3.8, 4) is 0 Å². The fourth-order valence-electron chi connectivity index (χ4n) is 4.94. The Hall–Kier alpha value is -1.13. The number of rotatable bonds is 4. The monoisotopic (exact) mass is 380 g/mol. The Morgan fingerprint density at radius 3 is 2.42 bits per heavy atom. The van der Waals surface area contributed by atoms with E-state index in [0.717, 1.165) is 50.8 Å². The summed E-state index contributed by atoms with van der Waals surface area (Å²) in [5, 5.41) is 3.42. The molecule has 1 heterocycles. The van der Waals surface area contributed by atoms with Crippen molar-refractivity contribution in [1.82, 2.24) is 10.2 Å². The lowest BCUT2D eigenvalue weighted by Crippen LogP contribution is -2.43. The lowest BCUT2D eigenvalue weighted by atomic mass is 9.90. The fourth-order valence-corrected chi connectivity index (χ4v) is 4.94. The predicted molar refractivity (Wildman–Crippen MR) is 104 cm³/mol. The average molecular weight is 381 g/mol. The summed E-state index contributed by atoms with van der Waals surface area (Å²) < 4.78 is 13.2. The highest BCUT2D eigenvalue weighted by Gasteiger charge is 2.58. The van der Waals surface area contributed by atoms with Gasteiger partial charge in [-0.15, -0.1) is 12.4 Å². The van der Waals surface area contributed by atoms with Crippen molar-refractivity contribution in [2.45, 2.75) is 64.0 Å². The second-order valence-corrected chi connectivity index (χ2v) is 8.25. The fraction of sp³-hybridized carbons (Fsp3) is 0.667. The van der Waals surface area contributed by atoms with Crippen molar-refractivity contribution in [1.29, 1.82) is 0 Å². The molecule has 1 aromatic rings. The van der Waals surface area contributed by atoms with E-state index < -0.39 is 0 Å². The normalized spacial score (nSPS) is 24.7. The van der Waals surface area contributed by atoms with E-state index in [9.17, 15) is 9.18 Å². The van der Waals surface area contributed by atoms with Gasteiger partial charge in [-0.25, -0.2) is 4.39 Å². The van der Waals surface area contributed by atoms with Gasteiger partial charge in [0.05, 0.1) is 0 Å². The third kappa shape index (κ3) is 4.07. The van der Waals surface area contributed by atoms with E-state index in [0.29, 0.717) is 18.5 Å². The van der Waals surface area contributed by atoms with Gasteiger partial charge in [0, 0.05) is 18.5 Å². The van der Waals surface area contributed by atoms with Gasteiger partial charge in [0.25, 0.3) is 0 Å². The van der Waals surface area contributed by atoms with Crippen molar-refractivity contribution in [3.05, 3.63) is 35.6 Å². The van der Waals surface area contributed by atoms with Crippen LogP contribution in [0.5, 0.6) is 0 Å².